The van der Waals surface area contributed by atoms with Gasteiger partial charge < -0.3 is 10.5 Å². The fourth-order valence-electron chi connectivity index (χ4n) is 2.17. The summed E-state index contributed by atoms with van der Waals surface area (Å²) in [6.07, 6.45) is 0. The van der Waals surface area contributed by atoms with Crippen molar-refractivity contribution >= 4 is 22.4 Å². The number of methoxy groups -OCH3 is 1. The van der Waals surface area contributed by atoms with Gasteiger partial charge in [0.2, 0.25) is 0 Å². The monoisotopic (exact) mass is 342 g/mol. The number of carbonyl (C=O) groups is 1. The van der Waals surface area contributed by atoms with Crippen LogP contribution in [0.25, 0.3) is 21.8 Å². The summed E-state index contributed by atoms with van der Waals surface area (Å²) in [5.41, 5.74) is 7.58. The van der Waals surface area contributed by atoms with Gasteiger partial charge in [-0.3, -0.25) is 9.59 Å². The summed E-state index contributed by atoms with van der Waals surface area (Å²) in [7, 11) is 1.26. The molecule has 0 atom stereocenters. The first-order valence-electron chi connectivity index (χ1n) is 7.05. The normalized spacial score (nSPS) is 10.5. The first-order chi connectivity index (χ1) is 11.6. The van der Waals surface area contributed by atoms with Crippen molar-refractivity contribution in [2.45, 2.75) is 6.54 Å². The van der Waals surface area contributed by atoms with Crippen molar-refractivity contribution in [3.63, 3.8) is 0 Å². The molecular formula is C16H14N4O3S. The van der Waals surface area contributed by atoms with Crippen molar-refractivity contribution in [3.8, 4) is 21.8 Å². The molecule has 24 heavy (non-hydrogen) atoms. The zero-order valence-electron chi connectivity index (χ0n) is 12.8. The predicted octanol–water partition coefficient (Wildman–Crippen LogP) is 1.79. The quantitative estimate of drug-likeness (QED) is 0.726. The zero-order chi connectivity index (χ0) is 17.1. The molecule has 8 heteroatoms. The molecule has 0 fully saturated rings. The van der Waals surface area contributed by atoms with Crippen LogP contribution in [-0.4, -0.2) is 27.8 Å². The summed E-state index contributed by atoms with van der Waals surface area (Å²) in [4.78, 5) is 28.4. The maximum absolute atomic E-state index is 11.9. The van der Waals surface area contributed by atoms with E-state index in [9.17, 15) is 9.59 Å². The van der Waals surface area contributed by atoms with Gasteiger partial charge in [0.15, 0.2) is 5.13 Å². The van der Waals surface area contributed by atoms with Crippen molar-refractivity contribution in [2.24, 2.45) is 0 Å². The van der Waals surface area contributed by atoms with Gasteiger partial charge in [0, 0.05) is 11.6 Å². The zero-order valence-corrected chi connectivity index (χ0v) is 13.6. The molecule has 2 N–H and O–H groups in total. The number of nitrogens with two attached hydrogens (primary N) is 1. The summed E-state index contributed by atoms with van der Waals surface area (Å²) >= 11 is 1.27. The van der Waals surface area contributed by atoms with Crippen LogP contribution in [0.15, 0.2) is 47.3 Å². The van der Waals surface area contributed by atoms with Crippen LogP contribution >= 0.6 is 11.3 Å². The van der Waals surface area contributed by atoms with E-state index in [0.29, 0.717) is 16.5 Å². The van der Waals surface area contributed by atoms with E-state index in [4.69, 9.17) is 5.73 Å². The number of benzene rings is 1. The minimum Gasteiger partial charge on any atom is -0.468 e. The van der Waals surface area contributed by atoms with Crippen LogP contribution in [0.1, 0.15) is 0 Å². The first kappa shape index (κ1) is 15.9. The number of nitrogens with zero attached hydrogens (tertiary/aromatic N) is 3. The van der Waals surface area contributed by atoms with Crippen molar-refractivity contribution < 1.29 is 9.53 Å². The van der Waals surface area contributed by atoms with E-state index in [-0.39, 0.29) is 12.1 Å². The smallest absolute Gasteiger partial charge is 0.327 e. The van der Waals surface area contributed by atoms with Gasteiger partial charge in [0.25, 0.3) is 5.56 Å². The Labute approximate surface area is 141 Å². The first-order valence-corrected chi connectivity index (χ1v) is 7.87. The standard InChI is InChI=1S/C16H14N4O3S/c1-23-13(22)9-20-12(21)8-7-11(19-20)15-14(18-16(17)24-15)10-5-3-2-4-6-10/h2-8H,9H2,1H3,(H2,17,18). The van der Waals surface area contributed by atoms with Gasteiger partial charge in [0.1, 0.15) is 12.2 Å². The lowest BCUT2D eigenvalue weighted by Crippen LogP contribution is -2.26. The van der Waals surface area contributed by atoms with E-state index >= 15 is 0 Å². The van der Waals surface area contributed by atoms with Crippen molar-refractivity contribution in [1.29, 1.82) is 0 Å². The predicted molar refractivity (Wildman–Crippen MR) is 91.5 cm³/mol. The van der Waals surface area contributed by atoms with Gasteiger partial charge in [-0.25, -0.2) is 9.67 Å². The van der Waals surface area contributed by atoms with E-state index in [0.717, 1.165) is 15.1 Å². The molecule has 3 aromatic rings. The van der Waals surface area contributed by atoms with Crippen LogP contribution in [0.3, 0.4) is 0 Å². The van der Waals surface area contributed by atoms with Crippen LogP contribution in [0.4, 0.5) is 5.13 Å². The number of esters is 1. The van der Waals surface area contributed by atoms with E-state index in [2.05, 4.69) is 14.8 Å². The number of rotatable bonds is 4. The number of hydrogen-bond acceptors (Lipinski definition) is 7. The van der Waals surface area contributed by atoms with Crippen LogP contribution in [-0.2, 0) is 16.1 Å². The Kier molecular flexibility index (Phi) is 4.39. The Morgan fingerprint density at radius 1 is 1.25 bits per heavy atom. The molecule has 0 unspecified atom stereocenters. The van der Waals surface area contributed by atoms with Crippen molar-refractivity contribution in [1.82, 2.24) is 14.8 Å². The van der Waals surface area contributed by atoms with Gasteiger partial charge in [-0.15, -0.1) is 0 Å². The van der Waals surface area contributed by atoms with Crippen molar-refractivity contribution in [3.05, 3.63) is 52.8 Å². The lowest BCUT2D eigenvalue weighted by molar-refractivity contribution is -0.141. The number of carbonyl (C=O) groups excluding carboxylic acids is 1. The molecule has 2 heterocycles. The molecule has 7 nitrogen and oxygen atoms in total. The van der Waals surface area contributed by atoms with Gasteiger partial charge in [0.05, 0.1) is 17.7 Å². The van der Waals surface area contributed by atoms with Gasteiger partial charge in [-0.2, -0.15) is 5.10 Å². The molecule has 0 saturated carbocycles. The number of aromatic nitrogens is 3. The third kappa shape index (κ3) is 3.18. The number of ether oxygens (including phenoxy) is 1. The van der Waals surface area contributed by atoms with E-state index < -0.39 is 5.97 Å². The van der Waals surface area contributed by atoms with Gasteiger partial charge >= 0.3 is 5.97 Å². The Hall–Kier alpha value is -3.00. The largest absolute Gasteiger partial charge is 0.468 e. The van der Waals surface area contributed by atoms with Crippen LogP contribution in [0.5, 0.6) is 0 Å². The highest BCUT2D eigenvalue weighted by atomic mass is 32.1. The third-order valence-electron chi connectivity index (χ3n) is 3.30. The molecule has 0 aliphatic heterocycles. The fraction of sp³-hybridized carbons (Fsp3) is 0.125. The molecule has 122 valence electrons. The third-order valence-corrected chi connectivity index (χ3v) is 4.20. The van der Waals surface area contributed by atoms with Gasteiger partial charge in [-0.05, 0) is 6.07 Å². The second-order valence-electron chi connectivity index (χ2n) is 4.89. The summed E-state index contributed by atoms with van der Waals surface area (Å²) < 4.78 is 5.64. The molecular weight excluding hydrogens is 328 g/mol. The van der Waals surface area contributed by atoms with Crippen LogP contribution in [0, 0.1) is 0 Å². The second-order valence-corrected chi connectivity index (χ2v) is 5.92. The molecule has 0 amide bonds. The lowest BCUT2D eigenvalue weighted by Gasteiger charge is -2.06. The summed E-state index contributed by atoms with van der Waals surface area (Å²) in [5, 5.41) is 4.65. The number of hydrogen-bond donors (Lipinski definition) is 1. The highest BCUT2D eigenvalue weighted by Crippen LogP contribution is 2.36. The highest BCUT2D eigenvalue weighted by Gasteiger charge is 2.16. The molecule has 0 saturated heterocycles. The molecule has 3 rings (SSSR count). The summed E-state index contributed by atoms with van der Waals surface area (Å²) in [5.74, 6) is -0.547. The van der Waals surface area contributed by atoms with E-state index in [1.807, 2.05) is 30.3 Å². The Morgan fingerprint density at radius 3 is 2.71 bits per heavy atom. The minimum absolute atomic E-state index is 0.252. The maximum atomic E-state index is 11.9. The molecule has 0 radical (unpaired) electrons. The molecule has 0 spiro atoms. The molecule has 0 bridgehead atoms. The second kappa shape index (κ2) is 6.63. The lowest BCUT2D eigenvalue weighted by atomic mass is 10.1. The average Bonchev–Trinajstić information content (AvgIpc) is 2.99. The number of nitrogen functional groups attached to an aromatic ring is 1. The molecule has 0 aliphatic rings. The summed E-state index contributed by atoms with van der Waals surface area (Å²) in [6, 6.07) is 12.5. The topological polar surface area (TPSA) is 100 Å². The number of thiazole rings is 1. The van der Waals surface area contributed by atoms with E-state index in [1.165, 1.54) is 24.5 Å². The Bertz CT molecular complexity index is 934. The van der Waals surface area contributed by atoms with Crippen molar-refractivity contribution in [2.75, 3.05) is 12.8 Å². The molecule has 0 aliphatic carbocycles. The van der Waals surface area contributed by atoms with Crippen LogP contribution < -0.4 is 11.3 Å². The minimum atomic E-state index is -0.547. The Balaban J connectivity index is 2.09. The summed E-state index contributed by atoms with van der Waals surface area (Å²) in [6.45, 7) is -0.252. The van der Waals surface area contributed by atoms with E-state index in [1.54, 1.807) is 6.07 Å². The highest BCUT2D eigenvalue weighted by molar-refractivity contribution is 7.19. The maximum Gasteiger partial charge on any atom is 0.327 e. The van der Waals surface area contributed by atoms with Gasteiger partial charge in [-0.1, -0.05) is 41.7 Å². The fourth-order valence-corrected chi connectivity index (χ4v) is 2.99. The van der Waals surface area contributed by atoms with Crippen LogP contribution in [0.2, 0.25) is 0 Å². The molecule has 1 aromatic carbocycles. The number of anilines is 1. The molecule has 2 aromatic heterocycles. The SMILES string of the molecule is COC(=O)Cn1nc(-c2sc(N)nc2-c2ccccc2)ccc1=O. The Morgan fingerprint density at radius 2 is 2.00 bits per heavy atom. The average molecular weight is 342 g/mol.